The second-order valence-corrected chi connectivity index (χ2v) is 4.95. The molecule has 19 heavy (non-hydrogen) atoms. The van der Waals surface area contributed by atoms with Gasteiger partial charge < -0.3 is 5.32 Å². The van der Waals surface area contributed by atoms with E-state index >= 15 is 0 Å². The summed E-state index contributed by atoms with van der Waals surface area (Å²) in [6.07, 6.45) is 0.675. The first-order chi connectivity index (χ1) is 9.16. The van der Waals surface area contributed by atoms with Gasteiger partial charge in [-0.1, -0.05) is 47.5 Å². The standard InChI is InChI=1S/C15H13Cl2NO/c16-13-7-6-11(14(17)10-13)8-9-18-15(19)12-4-2-1-3-5-12/h1-7,10H,8-9H2,(H,18,19). The van der Waals surface area contributed by atoms with Crippen molar-refractivity contribution in [1.29, 1.82) is 0 Å². The molecule has 0 fully saturated rings. The highest BCUT2D eigenvalue weighted by Crippen LogP contribution is 2.21. The fourth-order valence-corrected chi connectivity index (χ4v) is 2.23. The number of carbonyl (C=O) groups excluding carboxylic acids is 1. The van der Waals surface area contributed by atoms with Crippen LogP contribution in [0.15, 0.2) is 48.5 Å². The fraction of sp³-hybridized carbons (Fsp3) is 0.133. The van der Waals surface area contributed by atoms with Crippen molar-refractivity contribution >= 4 is 29.1 Å². The van der Waals surface area contributed by atoms with Gasteiger partial charge in [0.15, 0.2) is 0 Å². The SMILES string of the molecule is O=C(NCCc1ccc(Cl)cc1Cl)c1ccccc1. The molecule has 0 aliphatic carbocycles. The fourth-order valence-electron chi connectivity index (χ4n) is 1.73. The molecule has 0 bridgehead atoms. The first kappa shape index (κ1) is 13.9. The van der Waals surface area contributed by atoms with Gasteiger partial charge in [0.1, 0.15) is 0 Å². The van der Waals surface area contributed by atoms with Crippen molar-refractivity contribution in [1.82, 2.24) is 5.32 Å². The lowest BCUT2D eigenvalue weighted by atomic mass is 10.1. The van der Waals surface area contributed by atoms with Gasteiger partial charge in [-0.25, -0.2) is 0 Å². The summed E-state index contributed by atoms with van der Waals surface area (Å²) in [5.74, 6) is -0.0781. The highest BCUT2D eigenvalue weighted by molar-refractivity contribution is 6.35. The molecule has 2 aromatic carbocycles. The van der Waals surface area contributed by atoms with E-state index in [1.165, 1.54) is 0 Å². The van der Waals surface area contributed by atoms with E-state index in [4.69, 9.17) is 23.2 Å². The molecule has 0 heterocycles. The van der Waals surface area contributed by atoms with E-state index in [9.17, 15) is 4.79 Å². The van der Waals surface area contributed by atoms with Gasteiger partial charge in [0.25, 0.3) is 5.91 Å². The summed E-state index contributed by atoms with van der Waals surface area (Å²) >= 11 is 11.9. The predicted octanol–water partition coefficient (Wildman–Crippen LogP) is 3.97. The van der Waals surface area contributed by atoms with Gasteiger partial charge in [-0.15, -0.1) is 0 Å². The van der Waals surface area contributed by atoms with Crippen molar-refractivity contribution in [3.05, 3.63) is 69.7 Å². The van der Waals surface area contributed by atoms with Crippen molar-refractivity contribution < 1.29 is 4.79 Å². The molecule has 1 N–H and O–H groups in total. The van der Waals surface area contributed by atoms with Gasteiger partial charge in [-0.2, -0.15) is 0 Å². The van der Waals surface area contributed by atoms with Crippen LogP contribution in [0.3, 0.4) is 0 Å². The second kappa shape index (κ2) is 6.60. The highest BCUT2D eigenvalue weighted by Gasteiger charge is 2.05. The molecule has 0 aliphatic rings. The molecule has 0 aliphatic heterocycles. The zero-order chi connectivity index (χ0) is 13.7. The maximum Gasteiger partial charge on any atom is 0.251 e. The molecule has 0 atom stereocenters. The number of nitrogens with one attached hydrogen (secondary N) is 1. The molecule has 0 spiro atoms. The molecule has 0 unspecified atom stereocenters. The lowest BCUT2D eigenvalue weighted by Crippen LogP contribution is -2.25. The van der Waals surface area contributed by atoms with Gasteiger partial charge in [0.05, 0.1) is 0 Å². The first-order valence-corrected chi connectivity index (χ1v) is 6.69. The third-order valence-electron chi connectivity index (χ3n) is 2.73. The zero-order valence-electron chi connectivity index (χ0n) is 10.2. The number of hydrogen-bond acceptors (Lipinski definition) is 1. The quantitative estimate of drug-likeness (QED) is 0.908. The van der Waals surface area contributed by atoms with Crippen LogP contribution in [0.5, 0.6) is 0 Å². The first-order valence-electron chi connectivity index (χ1n) is 5.94. The number of carbonyl (C=O) groups is 1. The molecule has 4 heteroatoms. The van der Waals surface area contributed by atoms with Gasteiger partial charge in [0.2, 0.25) is 0 Å². The molecular formula is C15H13Cl2NO. The summed E-state index contributed by atoms with van der Waals surface area (Å²) in [5.41, 5.74) is 1.63. The van der Waals surface area contributed by atoms with E-state index in [1.54, 1.807) is 24.3 Å². The summed E-state index contributed by atoms with van der Waals surface area (Å²) in [7, 11) is 0. The van der Waals surface area contributed by atoms with E-state index in [2.05, 4.69) is 5.32 Å². The topological polar surface area (TPSA) is 29.1 Å². The Morgan fingerprint density at radius 1 is 1.05 bits per heavy atom. The van der Waals surface area contributed by atoms with Crippen LogP contribution in [0, 0.1) is 0 Å². The van der Waals surface area contributed by atoms with Gasteiger partial charge in [0, 0.05) is 22.2 Å². The van der Waals surface area contributed by atoms with E-state index in [-0.39, 0.29) is 5.91 Å². The van der Waals surface area contributed by atoms with Crippen molar-refractivity contribution in [2.24, 2.45) is 0 Å². The minimum Gasteiger partial charge on any atom is -0.352 e. The van der Waals surface area contributed by atoms with Crippen molar-refractivity contribution in [3.8, 4) is 0 Å². The monoisotopic (exact) mass is 293 g/mol. The molecule has 0 saturated carbocycles. The Morgan fingerprint density at radius 3 is 2.47 bits per heavy atom. The smallest absolute Gasteiger partial charge is 0.251 e. The van der Waals surface area contributed by atoms with Crippen LogP contribution in [0.1, 0.15) is 15.9 Å². The van der Waals surface area contributed by atoms with Crippen LogP contribution in [0.2, 0.25) is 10.0 Å². The molecule has 1 amide bonds. The summed E-state index contributed by atoms with van der Waals surface area (Å²) in [6.45, 7) is 0.537. The summed E-state index contributed by atoms with van der Waals surface area (Å²) in [4.78, 5) is 11.8. The zero-order valence-corrected chi connectivity index (χ0v) is 11.7. The Kier molecular flexibility index (Phi) is 4.83. The Morgan fingerprint density at radius 2 is 1.79 bits per heavy atom. The number of benzene rings is 2. The minimum absolute atomic E-state index is 0.0781. The van der Waals surface area contributed by atoms with Crippen molar-refractivity contribution in [2.75, 3.05) is 6.54 Å². The largest absolute Gasteiger partial charge is 0.352 e. The molecule has 98 valence electrons. The summed E-state index contributed by atoms with van der Waals surface area (Å²) < 4.78 is 0. The lowest BCUT2D eigenvalue weighted by molar-refractivity contribution is 0.0954. The number of amides is 1. The molecule has 2 nitrogen and oxygen atoms in total. The van der Waals surface area contributed by atoms with Crippen molar-refractivity contribution in [2.45, 2.75) is 6.42 Å². The van der Waals surface area contributed by atoms with Crippen LogP contribution in [-0.2, 0) is 6.42 Å². The van der Waals surface area contributed by atoms with Gasteiger partial charge in [-0.3, -0.25) is 4.79 Å². The van der Waals surface area contributed by atoms with E-state index in [0.717, 1.165) is 5.56 Å². The molecule has 0 saturated heterocycles. The average molecular weight is 294 g/mol. The Bertz CT molecular complexity index is 570. The van der Waals surface area contributed by atoms with Crippen LogP contribution < -0.4 is 5.32 Å². The molecule has 2 rings (SSSR count). The Balaban J connectivity index is 1.88. The maximum absolute atomic E-state index is 11.8. The maximum atomic E-state index is 11.8. The predicted molar refractivity (Wildman–Crippen MR) is 78.9 cm³/mol. The highest BCUT2D eigenvalue weighted by atomic mass is 35.5. The van der Waals surface area contributed by atoms with Crippen LogP contribution in [0.4, 0.5) is 0 Å². The van der Waals surface area contributed by atoms with E-state index in [1.807, 2.05) is 24.3 Å². The molecule has 2 aromatic rings. The molecular weight excluding hydrogens is 281 g/mol. The Hall–Kier alpha value is -1.51. The summed E-state index contributed by atoms with van der Waals surface area (Å²) in [6, 6.07) is 14.5. The minimum atomic E-state index is -0.0781. The van der Waals surface area contributed by atoms with E-state index in [0.29, 0.717) is 28.6 Å². The average Bonchev–Trinajstić information content (AvgIpc) is 2.42. The van der Waals surface area contributed by atoms with Crippen LogP contribution >= 0.6 is 23.2 Å². The van der Waals surface area contributed by atoms with Gasteiger partial charge in [-0.05, 0) is 36.2 Å². The number of hydrogen-bond donors (Lipinski definition) is 1. The third kappa shape index (κ3) is 3.98. The molecule has 0 radical (unpaired) electrons. The summed E-state index contributed by atoms with van der Waals surface area (Å²) in [5, 5.41) is 4.10. The Labute approximate surface area is 122 Å². The molecule has 0 aromatic heterocycles. The van der Waals surface area contributed by atoms with Gasteiger partial charge >= 0.3 is 0 Å². The van der Waals surface area contributed by atoms with Crippen LogP contribution in [-0.4, -0.2) is 12.5 Å². The van der Waals surface area contributed by atoms with Crippen molar-refractivity contribution in [3.63, 3.8) is 0 Å². The van der Waals surface area contributed by atoms with Crippen LogP contribution in [0.25, 0.3) is 0 Å². The van der Waals surface area contributed by atoms with E-state index < -0.39 is 0 Å². The normalized spacial score (nSPS) is 10.2. The lowest BCUT2D eigenvalue weighted by Gasteiger charge is -2.07. The number of rotatable bonds is 4. The third-order valence-corrected chi connectivity index (χ3v) is 3.32. The second-order valence-electron chi connectivity index (χ2n) is 4.11. The number of halogens is 2.